The van der Waals surface area contributed by atoms with Crippen LogP contribution in [0.1, 0.15) is 19.2 Å². The molecular formula is C12H16N3O4-. The molecule has 0 aromatic carbocycles. The zero-order chi connectivity index (χ0) is 13.8. The Morgan fingerprint density at radius 1 is 1.68 bits per heavy atom. The van der Waals surface area contributed by atoms with Gasteiger partial charge in [-0.1, -0.05) is 6.92 Å². The number of aromatic nitrogens is 2. The van der Waals surface area contributed by atoms with E-state index >= 15 is 0 Å². The highest BCUT2D eigenvalue weighted by molar-refractivity contribution is 5.66. The van der Waals surface area contributed by atoms with E-state index in [0.717, 1.165) is 6.42 Å². The molecule has 2 heterocycles. The van der Waals surface area contributed by atoms with E-state index in [-0.39, 0.29) is 17.5 Å². The summed E-state index contributed by atoms with van der Waals surface area (Å²) < 4.78 is 5.54. The number of aromatic amines is 1. The summed E-state index contributed by atoms with van der Waals surface area (Å²) in [5.41, 5.74) is -0.360. The Morgan fingerprint density at radius 3 is 3.16 bits per heavy atom. The normalized spacial score (nSPS) is 19.4. The average molecular weight is 266 g/mol. The Morgan fingerprint density at radius 2 is 2.47 bits per heavy atom. The van der Waals surface area contributed by atoms with Crippen molar-refractivity contribution in [1.82, 2.24) is 9.97 Å². The van der Waals surface area contributed by atoms with Gasteiger partial charge in [0.1, 0.15) is 11.6 Å². The summed E-state index contributed by atoms with van der Waals surface area (Å²) in [6, 6.07) is 1.37. The minimum absolute atomic E-state index is 0.111. The van der Waals surface area contributed by atoms with Crippen LogP contribution in [0.3, 0.4) is 0 Å². The third kappa shape index (κ3) is 3.54. The van der Waals surface area contributed by atoms with Gasteiger partial charge in [0.25, 0.3) is 5.56 Å². The summed E-state index contributed by atoms with van der Waals surface area (Å²) in [7, 11) is 0. The number of carbonyl (C=O) groups is 1. The topological polar surface area (TPSA) is 98.4 Å². The van der Waals surface area contributed by atoms with Crippen LogP contribution in [-0.2, 0) is 16.0 Å². The van der Waals surface area contributed by atoms with Gasteiger partial charge >= 0.3 is 0 Å². The zero-order valence-corrected chi connectivity index (χ0v) is 10.7. The lowest BCUT2D eigenvalue weighted by Crippen LogP contribution is -2.43. The molecule has 7 heteroatoms. The van der Waals surface area contributed by atoms with Gasteiger partial charge in [-0.25, -0.2) is 4.98 Å². The fraction of sp³-hybridized carbons (Fsp3) is 0.583. The first-order valence-electron chi connectivity index (χ1n) is 6.25. The number of hydrogen-bond acceptors (Lipinski definition) is 6. The Bertz CT molecular complexity index is 514. The molecule has 0 radical (unpaired) electrons. The van der Waals surface area contributed by atoms with Crippen molar-refractivity contribution >= 4 is 11.8 Å². The molecule has 1 unspecified atom stereocenters. The van der Waals surface area contributed by atoms with Crippen LogP contribution < -0.4 is 15.6 Å². The number of carbonyl (C=O) groups excluding carboxylic acids is 1. The van der Waals surface area contributed by atoms with Gasteiger partial charge in [0.2, 0.25) is 0 Å². The quantitative estimate of drug-likeness (QED) is 0.725. The Kier molecular flexibility index (Phi) is 4.16. The van der Waals surface area contributed by atoms with Crippen LogP contribution in [-0.4, -0.2) is 41.7 Å². The van der Waals surface area contributed by atoms with Crippen LogP contribution in [0, 0.1) is 0 Å². The first kappa shape index (κ1) is 13.5. The van der Waals surface area contributed by atoms with Crippen molar-refractivity contribution in [3.05, 3.63) is 22.2 Å². The third-order valence-electron chi connectivity index (χ3n) is 3.01. The number of rotatable bonds is 4. The molecule has 2 rings (SSSR count). The van der Waals surface area contributed by atoms with E-state index in [1.54, 1.807) is 0 Å². The number of ether oxygens (including phenoxy) is 1. The van der Waals surface area contributed by atoms with E-state index in [2.05, 4.69) is 9.97 Å². The van der Waals surface area contributed by atoms with E-state index in [9.17, 15) is 14.7 Å². The lowest BCUT2D eigenvalue weighted by molar-refractivity contribution is -0.304. The van der Waals surface area contributed by atoms with E-state index in [1.807, 2.05) is 11.8 Å². The molecule has 1 saturated heterocycles. The van der Waals surface area contributed by atoms with Crippen LogP contribution in [0.2, 0.25) is 0 Å². The van der Waals surface area contributed by atoms with Gasteiger partial charge in [0.05, 0.1) is 12.7 Å². The molecule has 1 aliphatic rings. The summed E-state index contributed by atoms with van der Waals surface area (Å²) in [5.74, 6) is -0.669. The van der Waals surface area contributed by atoms with Crippen molar-refractivity contribution in [1.29, 1.82) is 0 Å². The highest BCUT2D eigenvalue weighted by atomic mass is 16.5. The van der Waals surface area contributed by atoms with Gasteiger partial charge in [-0.3, -0.25) is 4.79 Å². The minimum atomic E-state index is -1.27. The second-order valence-electron chi connectivity index (χ2n) is 4.45. The first-order chi connectivity index (χ1) is 9.08. The molecule has 1 aromatic heterocycles. The van der Waals surface area contributed by atoms with Gasteiger partial charge in [-0.15, -0.1) is 0 Å². The van der Waals surface area contributed by atoms with Crippen molar-refractivity contribution in [3.8, 4) is 0 Å². The molecule has 1 atom stereocenters. The van der Waals surface area contributed by atoms with Gasteiger partial charge in [-0.05, 0) is 6.42 Å². The maximum atomic E-state index is 11.5. The molecule has 0 spiro atoms. The molecule has 0 saturated carbocycles. The lowest BCUT2D eigenvalue weighted by Gasteiger charge is -2.33. The SMILES string of the molecule is CCC1CN(c2cc(=O)[nH]c(CC(=O)[O-])n2)CCO1. The Balaban J connectivity index is 2.21. The molecule has 1 fully saturated rings. The van der Waals surface area contributed by atoms with Crippen molar-refractivity contribution in [2.24, 2.45) is 0 Å². The van der Waals surface area contributed by atoms with Crippen molar-refractivity contribution in [3.63, 3.8) is 0 Å². The Hall–Kier alpha value is -1.89. The predicted octanol–water partition coefficient (Wildman–Crippen LogP) is -1.32. The zero-order valence-electron chi connectivity index (χ0n) is 10.7. The summed E-state index contributed by atoms with van der Waals surface area (Å²) >= 11 is 0. The smallest absolute Gasteiger partial charge is 0.252 e. The van der Waals surface area contributed by atoms with Crippen LogP contribution in [0.4, 0.5) is 5.82 Å². The molecule has 0 aliphatic carbocycles. The van der Waals surface area contributed by atoms with Crippen LogP contribution >= 0.6 is 0 Å². The number of nitrogens with one attached hydrogen (secondary N) is 1. The predicted molar refractivity (Wildman–Crippen MR) is 65.8 cm³/mol. The molecule has 19 heavy (non-hydrogen) atoms. The van der Waals surface area contributed by atoms with Crippen molar-refractivity contribution < 1.29 is 14.6 Å². The number of nitrogens with zero attached hydrogens (tertiary/aromatic N) is 2. The summed E-state index contributed by atoms with van der Waals surface area (Å²) in [4.78, 5) is 30.6. The number of hydrogen-bond donors (Lipinski definition) is 1. The van der Waals surface area contributed by atoms with Crippen molar-refractivity contribution in [2.45, 2.75) is 25.9 Å². The van der Waals surface area contributed by atoms with Crippen LogP contribution in [0.5, 0.6) is 0 Å². The monoisotopic (exact) mass is 266 g/mol. The van der Waals surface area contributed by atoms with Crippen LogP contribution in [0.15, 0.2) is 10.9 Å². The molecule has 1 N–H and O–H groups in total. The van der Waals surface area contributed by atoms with Gasteiger partial charge in [0, 0.05) is 31.5 Å². The average Bonchev–Trinajstić information content (AvgIpc) is 2.37. The molecule has 1 aromatic rings. The maximum absolute atomic E-state index is 11.5. The molecule has 1 aliphatic heterocycles. The lowest BCUT2D eigenvalue weighted by atomic mass is 10.2. The molecular weight excluding hydrogens is 250 g/mol. The number of aliphatic carboxylic acids is 1. The largest absolute Gasteiger partial charge is 0.550 e. The highest BCUT2D eigenvalue weighted by Crippen LogP contribution is 2.15. The third-order valence-corrected chi connectivity index (χ3v) is 3.01. The number of carboxylic acids is 1. The summed E-state index contributed by atoms with van der Waals surface area (Å²) in [5, 5.41) is 10.6. The van der Waals surface area contributed by atoms with Gasteiger partial charge < -0.3 is 24.5 Å². The minimum Gasteiger partial charge on any atom is -0.550 e. The highest BCUT2D eigenvalue weighted by Gasteiger charge is 2.20. The molecule has 7 nitrogen and oxygen atoms in total. The van der Waals surface area contributed by atoms with Crippen molar-refractivity contribution in [2.75, 3.05) is 24.6 Å². The second kappa shape index (κ2) is 5.83. The number of anilines is 1. The molecule has 0 amide bonds. The number of H-pyrrole nitrogens is 1. The van der Waals surface area contributed by atoms with E-state index in [1.165, 1.54) is 6.07 Å². The summed E-state index contributed by atoms with van der Waals surface area (Å²) in [6.45, 7) is 3.89. The van der Waals surface area contributed by atoms with Gasteiger partial charge in [-0.2, -0.15) is 0 Å². The Labute approximate surface area is 110 Å². The standard InChI is InChI=1S/C12H17N3O4/c1-2-8-7-15(3-4-19-8)10-6-11(16)14-9(13-10)5-12(17)18/h6,8H,2-5,7H2,1H3,(H,17,18)(H,13,14,16)/p-1. The number of carboxylic acid groups (broad SMARTS) is 1. The fourth-order valence-electron chi connectivity index (χ4n) is 2.05. The maximum Gasteiger partial charge on any atom is 0.252 e. The van der Waals surface area contributed by atoms with E-state index in [0.29, 0.717) is 25.5 Å². The number of morpholine rings is 1. The molecule has 0 bridgehead atoms. The second-order valence-corrected chi connectivity index (χ2v) is 4.45. The summed E-state index contributed by atoms with van der Waals surface area (Å²) in [6.07, 6.45) is 0.593. The fourth-order valence-corrected chi connectivity index (χ4v) is 2.05. The van der Waals surface area contributed by atoms with Crippen LogP contribution in [0.25, 0.3) is 0 Å². The molecule has 104 valence electrons. The van der Waals surface area contributed by atoms with Gasteiger partial charge in [0.15, 0.2) is 0 Å². The first-order valence-corrected chi connectivity index (χ1v) is 6.25. The van der Waals surface area contributed by atoms with E-state index in [4.69, 9.17) is 4.74 Å². The van der Waals surface area contributed by atoms with E-state index < -0.39 is 12.4 Å².